The quantitative estimate of drug-likeness (QED) is 0.708. The summed E-state index contributed by atoms with van der Waals surface area (Å²) in [6.07, 6.45) is 3.35. The Morgan fingerprint density at radius 2 is 1.97 bits per heavy atom. The van der Waals surface area contributed by atoms with Crippen LogP contribution in [0.2, 0.25) is 0 Å². The van der Waals surface area contributed by atoms with Crippen molar-refractivity contribution < 1.29 is 19.1 Å². The molecule has 2 heterocycles. The normalized spacial score (nSPS) is 15.6. The lowest BCUT2D eigenvalue weighted by atomic mass is 10.0. The van der Waals surface area contributed by atoms with Crippen molar-refractivity contribution in [1.82, 2.24) is 9.88 Å². The first-order chi connectivity index (χ1) is 14.7. The van der Waals surface area contributed by atoms with E-state index in [1.165, 1.54) is 4.90 Å². The molecule has 0 bridgehead atoms. The van der Waals surface area contributed by atoms with Gasteiger partial charge in [0, 0.05) is 30.2 Å². The molecule has 0 aliphatic carbocycles. The molecule has 1 aromatic heterocycles. The molecule has 1 unspecified atom stereocenters. The van der Waals surface area contributed by atoms with Crippen molar-refractivity contribution >= 4 is 17.5 Å². The van der Waals surface area contributed by atoms with E-state index in [2.05, 4.69) is 10.3 Å². The maximum absolute atomic E-state index is 13.4. The molecule has 7 nitrogen and oxygen atoms in total. The number of benzene rings is 2. The molecule has 2 aromatic carbocycles. The first-order valence-electron chi connectivity index (χ1n) is 9.51. The van der Waals surface area contributed by atoms with E-state index in [0.717, 1.165) is 5.56 Å². The van der Waals surface area contributed by atoms with Crippen LogP contribution in [0.4, 0.5) is 5.69 Å². The third-order valence-electron chi connectivity index (χ3n) is 4.88. The van der Waals surface area contributed by atoms with E-state index in [1.54, 1.807) is 55.9 Å². The van der Waals surface area contributed by atoms with Gasteiger partial charge in [0.1, 0.15) is 17.5 Å². The average molecular weight is 403 g/mol. The van der Waals surface area contributed by atoms with Crippen molar-refractivity contribution in [1.29, 1.82) is 0 Å². The van der Waals surface area contributed by atoms with Crippen molar-refractivity contribution in [2.24, 2.45) is 0 Å². The van der Waals surface area contributed by atoms with Gasteiger partial charge in [-0.3, -0.25) is 14.6 Å². The summed E-state index contributed by atoms with van der Waals surface area (Å²) in [6.45, 7) is 0.106. The first-order valence-corrected chi connectivity index (χ1v) is 9.51. The molecule has 1 N–H and O–H groups in total. The zero-order valence-electron chi connectivity index (χ0n) is 16.4. The molecule has 1 aliphatic heterocycles. The van der Waals surface area contributed by atoms with Crippen molar-refractivity contribution in [3.05, 3.63) is 84.2 Å². The summed E-state index contributed by atoms with van der Waals surface area (Å²) in [6, 6.07) is 17.1. The van der Waals surface area contributed by atoms with Crippen LogP contribution in [0.1, 0.15) is 17.2 Å². The van der Waals surface area contributed by atoms with Gasteiger partial charge >= 0.3 is 0 Å². The number of hydrogen-bond donors (Lipinski definition) is 1. The van der Waals surface area contributed by atoms with Crippen molar-refractivity contribution in [3.8, 4) is 11.5 Å². The minimum Gasteiger partial charge on any atom is -0.497 e. The summed E-state index contributed by atoms with van der Waals surface area (Å²) >= 11 is 0. The third kappa shape index (κ3) is 4.10. The molecule has 0 radical (unpaired) electrons. The fraction of sp³-hybridized carbons (Fsp3) is 0.174. The first kappa shape index (κ1) is 19.4. The Hall–Kier alpha value is -3.87. The Morgan fingerprint density at radius 1 is 1.17 bits per heavy atom. The average Bonchev–Trinajstić information content (AvgIpc) is 2.92. The minimum absolute atomic E-state index is 0.135. The second-order valence-corrected chi connectivity index (χ2v) is 6.83. The number of rotatable bonds is 5. The number of para-hydroxylation sites is 1. The number of methoxy groups -OCH3 is 1. The van der Waals surface area contributed by atoms with Crippen molar-refractivity contribution in [3.63, 3.8) is 0 Å². The van der Waals surface area contributed by atoms with Gasteiger partial charge in [0.25, 0.3) is 11.8 Å². The Balaban J connectivity index is 1.69. The van der Waals surface area contributed by atoms with Crippen LogP contribution in [0.5, 0.6) is 11.5 Å². The predicted octanol–water partition coefficient (Wildman–Crippen LogP) is 3.19. The molecule has 0 spiro atoms. The Bertz CT molecular complexity index is 1040. The monoisotopic (exact) mass is 403 g/mol. The molecule has 0 saturated heterocycles. The van der Waals surface area contributed by atoms with Crippen LogP contribution >= 0.6 is 0 Å². The van der Waals surface area contributed by atoms with E-state index >= 15 is 0 Å². The van der Waals surface area contributed by atoms with Gasteiger partial charge in [0.05, 0.1) is 7.11 Å². The third-order valence-corrected chi connectivity index (χ3v) is 4.88. The van der Waals surface area contributed by atoms with Crippen LogP contribution in [0.25, 0.3) is 0 Å². The molecule has 2 amide bonds. The highest BCUT2D eigenvalue weighted by Gasteiger charge is 2.36. The van der Waals surface area contributed by atoms with Gasteiger partial charge in [-0.15, -0.1) is 0 Å². The van der Waals surface area contributed by atoms with Gasteiger partial charge in [-0.25, -0.2) is 0 Å². The summed E-state index contributed by atoms with van der Waals surface area (Å²) in [5, 5.41) is 2.91. The summed E-state index contributed by atoms with van der Waals surface area (Å²) in [7, 11) is 1.58. The predicted molar refractivity (Wildman–Crippen MR) is 111 cm³/mol. The molecular weight excluding hydrogens is 382 g/mol. The van der Waals surface area contributed by atoms with Crippen LogP contribution in [-0.2, 0) is 16.1 Å². The number of nitrogens with zero attached hydrogens (tertiary/aromatic N) is 2. The summed E-state index contributed by atoms with van der Waals surface area (Å²) in [5.41, 5.74) is 2.07. The number of nitrogens with one attached hydrogen (secondary N) is 1. The van der Waals surface area contributed by atoms with Crippen LogP contribution in [0.15, 0.2) is 73.1 Å². The fourth-order valence-electron chi connectivity index (χ4n) is 3.41. The van der Waals surface area contributed by atoms with Crippen molar-refractivity contribution in [2.75, 3.05) is 19.0 Å². The minimum atomic E-state index is -0.849. The SMILES string of the molecule is COc1ccc(NC(=O)C2c3ccccc3OCC(=O)N2Cc2cccnc2)cc1. The number of carbonyl (C=O) groups is 2. The smallest absolute Gasteiger partial charge is 0.261 e. The van der Waals surface area contributed by atoms with Crippen LogP contribution in [0, 0.1) is 0 Å². The van der Waals surface area contributed by atoms with Gasteiger partial charge in [-0.2, -0.15) is 0 Å². The summed E-state index contributed by atoms with van der Waals surface area (Å²) < 4.78 is 10.8. The lowest BCUT2D eigenvalue weighted by Gasteiger charge is -2.29. The highest BCUT2D eigenvalue weighted by atomic mass is 16.5. The number of hydrogen-bond acceptors (Lipinski definition) is 5. The Kier molecular flexibility index (Phi) is 5.61. The van der Waals surface area contributed by atoms with Crippen LogP contribution in [0.3, 0.4) is 0 Å². The molecule has 7 heteroatoms. The Morgan fingerprint density at radius 3 is 2.70 bits per heavy atom. The number of aromatic nitrogens is 1. The van der Waals surface area contributed by atoms with Gasteiger partial charge in [-0.05, 0) is 42.0 Å². The molecular formula is C23H21N3O4. The molecule has 152 valence electrons. The Labute approximate surface area is 174 Å². The summed E-state index contributed by atoms with van der Waals surface area (Å²) in [4.78, 5) is 31.9. The van der Waals surface area contributed by atoms with Crippen LogP contribution < -0.4 is 14.8 Å². The van der Waals surface area contributed by atoms with E-state index in [4.69, 9.17) is 9.47 Å². The van der Waals surface area contributed by atoms with Gasteiger partial charge in [0.15, 0.2) is 6.61 Å². The lowest BCUT2D eigenvalue weighted by molar-refractivity contribution is -0.140. The zero-order chi connectivity index (χ0) is 20.9. The number of anilines is 1. The topological polar surface area (TPSA) is 80.8 Å². The largest absolute Gasteiger partial charge is 0.497 e. The van der Waals surface area contributed by atoms with E-state index in [-0.39, 0.29) is 25.0 Å². The van der Waals surface area contributed by atoms with E-state index in [0.29, 0.717) is 22.7 Å². The van der Waals surface area contributed by atoms with Gasteiger partial charge in [-0.1, -0.05) is 24.3 Å². The molecule has 1 atom stereocenters. The number of carbonyl (C=O) groups excluding carboxylic acids is 2. The number of amides is 2. The lowest BCUT2D eigenvalue weighted by Crippen LogP contribution is -2.41. The van der Waals surface area contributed by atoms with E-state index < -0.39 is 6.04 Å². The van der Waals surface area contributed by atoms with Gasteiger partial charge in [0.2, 0.25) is 0 Å². The van der Waals surface area contributed by atoms with Crippen molar-refractivity contribution in [2.45, 2.75) is 12.6 Å². The number of pyridine rings is 1. The number of ether oxygens (including phenoxy) is 2. The highest BCUT2D eigenvalue weighted by molar-refractivity contribution is 5.99. The number of fused-ring (bicyclic) bond motifs is 1. The van der Waals surface area contributed by atoms with Gasteiger partial charge < -0.3 is 19.7 Å². The van der Waals surface area contributed by atoms with Crippen LogP contribution in [-0.4, -0.2) is 35.4 Å². The molecule has 30 heavy (non-hydrogen) atoms. The van der Waals surface area contributed by atoms with E-state index in [9.17, 15) is 9.59 Å². The maximum atomic E-state index is 13.4. The fourth-order valence-corrected chi connectivity index (χ4v) is 3.41. The second kappa shape index (κ2) is 8.65. The highest BCUT2D eigenvalue weighted by Crippen LogP contribution is 2.34. The molecule has 3 aromatic rings. The summed E-state index contributed by atoms with van der Waals surface area (Å²) in [5.74, 6) is 0.615. The molecule has 0 saturated carbocycles. The molecule has 1 aliphatic rings. The zero-order valence-corrected chi connectivity index (χ0v) is 16.4. The second-order valence-electron chi connectivity index (χ2n) is 6.83. The molecule has 4 rings (SSSR count). The molecule has 0 fully saturated rings. The maximum Gasteiger partial charge on any atom is 0.261 e. The standard InChI is InChI=1S/C23H21N3O4/c1-29-18-10-8-17(9-11-18)25-23(28)22-19-6-2-3-7-20(19)30-15-21(27)26(22)14-16-5-4-12-24-13-16/h2-13,22H,14-15H2,1H3,(H,25,28). The van der Waals surface area contributed by atoms with E-state index in [1.807, 2.05) is 24.3 Å².